The molecule has 0 saturated carbocycles. The van der Waals surface area contributed by atoms with E-state index >= 15 is 0 Å². The van der Waals surface area contributed by atoms with Gasteiger partial charge in [-0.25, -0.2) is 4.79 Å². The number of carbonyl (C=O) groups excluding carboxylic acids is 6. The number of carboxylic acid groups (broad SMARTS) is 2. The maximum atomic E-state index is 14.1. The number of amides is 6. The molecule has 27 nitrogen and oxygen atoms in total. The van der Waals surface area contributed by atoms with Crippen LogP contribution in [0.5, 0.6) is 0 Å². The van der Waals surface area contributed by atoms with Crippen molar-refractivity contribution in [1.82, 2.24) is 37.2 Å². The Labute approximate surface area is 403 Å². The average Bonchev–Trinajstić information content (AvgIpc) is 3.80. The molecule has 7 atom stereocenters. The second kappa shape index (κ2) is 34.7. The predicted molar refractivity (Wildman–Crippen MR) is 260 cm³/mol. The molecule has 0 spiro atoms. The molecule has 1 aliphatic rings. The summed E-state index contributed by atoms with van der Waals surface area (Å²) in [6.07, 6.45) is 3.54. The van der Waals surface area contributed by atoms with E-state index in [-0.39, 0.29) is 94.3 Å². The van der Waals surface area contributed by atoms with Gasteiger partial charge < -0.3 is 87.6 Å². The van der Waals surface area contributed by atoms with Gasteiger partial charge in [-0.1, -0.05) is 27.7 Å². The van der Waals surface area contributed by atoms with Crippen LogP contribution in [0.1, 0.15) is 112 Å². The van der Waals surface area contributed by atoms with Crippen LogP contribution in [0, 0.1) is 11.8 Å². The molecule has 1 aliphatic heterocycles. The first-order valence-corrected chi connectivity index (χ1v) is 23.2. The van der Waals surface area contributed by atoms with Crippen molar-refractivity contribution in [2.24, 2.45) is 66.9 Å². The van der Waals surface area contributed by atoms with Gasteiger partial charge >= 0.3 is 5.97 Å². The number of carboxylic acids is 2. The van der Waals surface area contributed by atoms with Gasteiger partial charge in [0.15, 0.2) is 17.9 Å². The molecule has 6 amide bonds. The fourth-order valence-corrected chi connectivity index (χ4v) is 6.82. The lowest BCUT2D eigenvalue weighted by atomic mass is 9.99. The minimum Gasteiger partial charge on any atom is -0.481 e. The smallest absolute Gasteiger partial charge is 0.326 e. The van der Waals surface area contributed by atoms with E-state index in [1.807, 2.05) is 13.8 Å². The molecule has 1 rings (SSSR count). The van der Waals surface area contributed by atoms with Gasteiger partial charge in [0.1, 0.15) is 36.3 Å². The van der Waals surface area contributed by atoms with Crippen molar-refractivity contribution in [1.29, 1.82) is 0 Å². The molecule has 1 saturated heterocycles. The van der Waals surface area contributed by atoms with E-state index in [2.05, 4.69) is 52.2 Å². The Hall–Kier alpha value is -6.51. The van der Waals surface area contributed by atoms with Crippen molar-refractivity contribution in [3.8, 4) is 0 Å². The third-order valence-corrected chi connectivity index (χ3v) is 10.3. The van der Waals surface area contributed by atoms with Gasteiger partial charge in [-0.05, 0) is 102 Å². The lowest BCUT2D eigenvalue weighted by molar-refractivity contribution is -0.142. The third-order valence-electron chi connectivity index (χ3n) is 10.3. The maximum Gasteiger partial charge on any atom is 0.326 e. The molecule has 0 aromatic carbocycles. The van der Waals surface area contributed by atoms with Crippen LogP contribution in [0.3, 0.4) is 0 Å². The Morgan fingerprint density at radius 1 is 0.565 bits per heavy atom. The van der Waals surface area contributed by atoms with E-state index in [4.69, 9.17) is 50.0 Å². The molecule has 0 bridgehead atoms. The molecular weight excluding hydrogens is 903 g/mol. The van der Waals surface area contributed by atoms with Gasteiger partial charge in [0, 0.05) is 26.6 Å². The molecule has 1 heterocycles. The Kier molecular flexibility index (Phi) is 31.5. The summed E-state index contributed by atoms with van der Waals surface area (Å²) in [5, 5.41) is 36.4. The number of nitrogens with two attached hydrogens (primary N) is 7. The number of hydrogen-bond donors (Lipinski definition) is 16. The minimum absolute atomic E-state index is 0.00385. The SMILES string of the molecule is CC(=O)O.CC(C)C[C@H](NC(=O)[C@H](CCCN=C(N)N)NC(=O)[C@@H](NC(=O)[C@H](CCCN=C(N)N)NC(=O)[C@H](CCCN=C(N)N)NC(=O)[C@@H]1CCCN1)C(C)C)C(=O)N[C@@H](CCCCN)C(=O)O. The summed E-state index contributed by atoms with van der Waals surface area (Å²) in [6, 6.07) is -7.74. The van der Waals surface area contributed by atoms with Gasteiger partial charge in [0.25, 0.3) is 5.97 Å². The number of unbranched alkanes of at least 4 members (excludes halogenated alkanes) is 1. The highest BCUT2D eigenvalue weighted by molar-refractivity contribution is 5.97. The molecule has 69 heavy (non-hydrogen) atoms. The molecule has 0 aromatic heterocycles. The number of guanidine groups is 3. The first-order valence-electron chi connectivity index (χ1n) is 23.2. The highest BCUT2D eigenvalue weighted by Gasteiger charge is 2.35. The minimum atomic E-state index is -1.27. The Morgan fingerprint density at radius 3 is 1.35 bits per heavy atom. The quantitative estimate of drug-likeness (QED) is 0.0173. The van der Waals surface area contributed by atoms with Crippen LogP contribution in [0.15, 0.2) is 15.0 Å². The zero-order valence-electron chi connectivity index (χ0n) is 40.8. The van der Waals surface area contributed by atoms with Crippen LogP contribution in [-0.2, 0) is 38.4 Å². The number of hydrogen-bond acceptors (Lipinski definition) is 13. The van der Waals surface area contributed by atoms with Crippen LogP contribution in [0.25, 0.3) is 0 Å². The van der Waals surface area contributed by atoms with Gasteiger partial charge in [0.05, 0.1) is 6.04 Å². The largest absolute Gasteiger partial charge is 0.481 e. The molecule has 0 aromatic rings. The predicted octanol–water partition coefficient (Wildman–Crippen LogP) is -4.19. The van der Waals surface area contributed by atoms with Crippen molar-refractivity contribution < 1.29 is 48.6 Å². The molecular formula is C42H81N17O10. The van der Waals surface area contributed by atoms with Crippen molar-refractivity contribution in [3.63, 3.8) is 0 Å². The van der Waals surface area contributed by atoms with Crippen LogP contribution in [-0.4, -0.2) is 150 Å². The Bertz CT molecular complexity index is 1720. The molecule has 394 valence electrons. The van der Waals surface area contributed by atoms with Gasteiger partial charge in [-0.15, -0.1) is 0 Å². The van der Waals surface area contributed by atoms with Gasteiger partial charge in [-0.3, -0.25) is 48.5 Å². The molecule has 0 radical (unpaired) electrons. The van der Waals surface area contributed by atoms with Crippen LogP contribution in [0.4, 0.5) is 0 Å². The van der Waals surface area contributed by atoms with Crippen molar-refractivity contribution in [2.45, 2.75) is 154 Å². The lowest BCUT2D eigenvalue weighted by Crippen LogP contribution is -2.60. The van der Waals surface area contributed by atoms with E-state index in [9.17, 15) is 38.7 Å². The molecule has 23 N–H and O–H groups in total. The molecule has 0 aliphatic carbocycles. The number of nitrogens with zero attached hydrogens (tertiary/aromatic N) is 3. The fourth-order valence-electron chi connectivity index (χ4n) is 6.82. The number of rotatable bonds is 32. The molecule has 0 unspecified atom stereocenters. The summed E-state index contributed by atoms with van der Waals surface area (Å²) in [6.45, 7) is 9.44. The number of nitrogens with one attached hydrogen (secondary N) is 7. The normalized spacial score (nSPS) is 15.5. The maximum absolute atomic E-state index is 14.1. The van der Waals surface area contributed by atoms with Crippen molar-refractivity contribution >= 4 is 65.3 Å². The monoisotopic (exact) mass is 984 g/mol. The van der Waals surface area contributed by atoms with E-state index in [0.29, 0.717) is 38.8 Å². The second-order valence-corrected chi connectivity index (χ2v) is 17.3. The standard InChI is InChI=1S/C40H77N17O8.C2H4O2/c1-22(2)21-29(35(62)55-28(37(64)65)11-5-6-16-41)56-33(60)26(14-9-19-50-39(44)45)54-36(63)30(23(3)4)57-34(61)27(15-10-20-51-40(46)47)53-32(59)25(13-8-18-49-38(42)43)52-31(58)24-12-7-17-48-24;1-2(3)4/h22-30,48H,5-21,41H2,1-4H3,(H,52,58)(H,53,59)(H,54,63)(H,55,62)(H,56,60)(H,57,61)(H,64,65)(H4,42,43,49)(H4,44,45,50)(H4,46,47,51);1H3,(H,3,4)/t24-,25-,26-,27-,28-,29-,30-;/m0./s1. The van der Waals surface area contributed by atoms with E-state index in [0.717, 1.165) is 13.3 Å². The summed E-state index contributed by atoms with van der Waals surface area (Å²) in [5.74, 6) is -7.27. The fraction of sp³-hybridized carbons (Fsp3) is 0.738. The summed E-state index contributed by atoms with van der Waals surface area (Å²) >= 11 is 0. The van der Waals surface area contributed by atoms with E-state index in [1.54, 1.807) is 13.8 Å². The zero-order chi connectivity index (χ0) is 52.6. The van der Waals surface area contributed by atoms with Crippen LogP contribution < -0.4 is 77.4 Å². The lowest BCUT2D eigenvalue weighted by Gasteiger charge is -2.29. The number of aliphatic imine (C=N–C) groups is 3. The second-order valence-electron chi connectivity index (χ2n) is 17.3. The Balaban J connectivity index is 0.0000111. The Morgan fingerprint density at radius 2 is 0.957 bits per heavy atom. The van der Waals surface area contributed by atoms with E-state index in [1.165, 1.54) is 0 Å². The topological polar surface area (TPSA) is 480 Å². The van der Waals surface area contributed by atoms with Gasteiger partial charge in [-0.2, -0.15) is 0 Å². The average molecular weight is 984 g/mol. The van der Waals surface area contributed by atoms with Crippen molar-refractivity contribution in [2.75, 3.05) is 32.7 Å². The number of aliphatic carboxylic acids is 2. The summed E-state index contributed by atoms with van der Waals surface area (Å²) in [7, 11) is 0. The highest BCUT2D eigenvalue weighted by Crippen LogP contribution is 2.12. The first-order chi connectivity index (χ1) is 32.4. The number of carbonyl (C=O) groups is 8. The van der Waals surface area contributed by atoms with Crippen molar-refractivity contribution in [3.05, 3.63) is 0 Å². The van der Waals surface area contributed by atoms with Gasteiger partial charge in [0.2, 0.25) is 35.4 Å². The van der Waals surface area contributed by atoms with Crippen LogP contribution in [0.2, 0.25) is 0 Å². The summed E-state index contributed by atoms with van der Waals surface area (Å²) in [5.41, 5.74) is 38.4. The molecule has 1 fully saturated rings. The zero-order valence-corrected chi connectivity index (χ0v) is 40.8. The third kappa shape index (κ3) is 29.1. The summed E-state index contributed by atoms with van der Waals surface area (Å²) in [4.78, 5) is 116. The molecule has 27 heteroatoms. The van der Waals surface area contributed by atoms with Crippen LogP contribution >= 0.6 is 0 Å². The summed E-state index contributed by atoms with van der Waals surface area (Å²) < 4.78 is 0. The van der Waals surface area contributed by atoms with E-state index < -0.39 is 89.7 Å². The first kappa shape index (κ1) is 62.5. The highest BCUT2D eigenvalue weighted by atomic mass is 16.4.